The highest BCUT2D eigenvalue weighted by molar-refractivity contribution is 7.98. The monoisotopic (exact) mass is 671 g/mol. The molecule has 0 radical (unpaired) electrons. The Kier molecular flexibility index (Phi) is 12.1. The zero-order valence-corrected chi connectivity index (χ0v) is 28.2. The molecule has 5 nitrogen and oxygen atoms in total. The van der Waals surface area contributed by atoms with Crippen molar-refractivity contribution in [1.29, 1.82) is 0 Å². The summed E-state index contributed by atoms with van der Waals surface area (Å²) in [6.45, 7) is 4.14. The number of unbranched alkanes of at least 4 members (excludes halogenated alkanes) is 2. The summed E-state index contributed by atoms with van der Waals surface area (Å²) in [7, 11) is 4.11. The van der Waals surface area contributed by atoms with Gasteiger partial charge in [0.05, 0.1) is 18.0 Å². The lowest BCUT2D eigenvalue weighted by Gasteiger charge is -2.25. The highest BCUT2D eigenvalue weighted by Gasteiger charge is 2.30. The Morgan fingerprint density at radius 3 is 2.54 bits per heavy atom. The predicted molar refractivity (Wildman–Crippen MR) is 179 cm³/mol. The fourth-order valence-electron chi connectivity index (χ4n) is 5.83. The van der Waals surface area contributed by atoms with Crippen LogP contribution in [0.1, 0.15) is 66.1 Å². The first-order valence-electron chi connectivity index (χ1n) is 15.8. The molecule has 4 aromatic rings. The summed E-state index contributed by atoms with van der Waals surface area (Å²) in [6.07, 6.45) is 5.79. The number of aromatic nitrogens is 2. The molecule has 0 amide bonds. The molecule has 1 aliphatic carbocycles. The highest BCUT2D eigenvalue weighted by Crippen LogP contribution is 2.42. The second-order valence-electron chi connectivity index (χ2n) is 11.9. The topological polar surface area (TPSA) is 39.5 Å². The summed E-state index contributed by atoms with van der Waals surface area (Å²) in [5, 5.41) is 1.30. The molecule has 0 spiro atoms. The maximum absolute atomic E-state index is 15.6. The number of thioether (sulfide) groups is 1. The van der Waals surface area contributed by atoms with Crippen LogP contribution < -0.4 is 4.74 Å². The first-order valence-corrected chi connectivity index (χ1v) is 17.2. The number of benzene rings is 3. The molecule has 0 saturated heterocycles. The van der Waals surface area contributed by atoms with Crippen LogP contribution in [0, 0.1) is 24.4 Å². The molecule has 46 heavy (non-hydrogen) atoms. The lowest BCUT2D eigenvalue weighted by molar-refractivity contribution is 0.0954. The van der Waals surface area contributed by atoms with Crippen LogP contribution in [0.3, 0.4) is 0 Å². The van der Waals surface area contributed by atoms with E-state index in [1.165, 1.54) is 36.0 Å². The van der Waals surface area contributed by atoms with Gasteiger partial charge in [-0.15, -0.1) is 0 Å². The molecule has 5 rings (SSSR count). The first-order chi connectivity index (χ1) is 22.2. The lowest BCUT2D eigenvalue weighted by Crippen LogP contribution is -2.15. The molecule has 1 aliphatic rings. The van der Waals surface area contributed by atoms with E-state index in [9.17, 15) is 4.39 Å². The number of halogens is 4. The van der Waals surface area contributed by atoms with Crippen LogP contribution in [0.4, 0.5) is 13.2 Å². The van der Waals surface area contributed by atoms with Gasteiger partial charge in [-0.05, 0) is 120 Å². The maximum Gasteiger partial charge on any atom is 0.173 e. The van der Waals surface area contributed by atoms with Crippen molar-refractivity contribution in [3.05, 3.63) is 105 Å². The van der Waals surface area contributed by atoms with E-state index in [2.05, 4.69) is 25.1 Å². The van der Waals surface area contributed by atoms with Crippen LogP contribution in [0.2, 0.25) is 5.02 Å². The molecule has 0 N–H and O–H groups in total. The Morgan fingerprint density at radius 1 is 0.978 bits per heavy atom. The summed E-state index contributed by atoms with van der Waals surface area (Å²) in [5.41, 5.74) is 4.72. The van der Waals surface area contributed by atoms with E-state index in [4.69, 9.17) is 26.1 Å². The fourth-order valence-corrected chi connectivity index (χ4v) is 6.99. The van der Waals surface area contributed by atoms with Gasteiger partial charge >= 0.3 is 0 Å². The van der Waals surface area contributed by atoms with Crippen LogP contribution in [-0.4, -0.2) is 54.9 Å². The number of hydrogen-bond donors (Lipinski definition) is 0. The van der Waals surface area contributed by atoms with E-state index >= 15 is 8.78 Å². The van der Waals surface area contributed by atoms with E-state index < -0.39 is 11.6 Å². The highest BCUT2D eigenvalue weighted by atomic mass is 35.5. The minimum Gasteiger partial charge on any atom is -0.488 e. The zero-order chi connectivity index (χ0) is 32.6. The van der Waals surface area contributed by atoms with Crippen molar-refractivity contribution < 1.29 is 22.6 Å². The second kappa shape index (κ2) is 16.2. The molecule has 0 saturated carbocycles. The molecular weight excluding hydrogens is 631 g/mol. The van der Waals surface area contributed by atoms with Crippen molar-refractivity contribution in [2.45, 2.75) is 62.3 Å². The van der Waals surface area contributed by atoms with E-state index in [1.54, 1.807) is 12.1 Å². The van der Waals surface area contributed by atoms with Crippen LogP contribution in [-0.2, 0) is 16.9 Å². The largest absolute Gasteiger partial charge is 0.488 e. The van der Waals surface area contributed by atoms with Gasteiger partial charge in [0.15, 0.2) is 16.7 Å². The van der Waals surface area contributed by atoms with E-state index in [1.807, 2.05) is 23.6 Å². The quantitative estimate of drug-likeness (QED) is 0.0931. The minimum absolute atomic E-state index is 0.000122. The number of rotatable bonds is 15. The van der Waals surface area contributed by atoms with Crippen LogP contribution in [0.25, 0.3) is 5.69 Å². The molecule has 1 atom stereocenters. The third-order valence-electron chi connectivity index (χ3n) is 8.24. The van der Waals surface area contributed by atoms with Gasteiger partial charge in [-0.2, -0.15) is 0 Å². The van der Waals surface area contributed by atoms with Gasteiger partial charge < -0.3 is 14.4 Å². The zero-order valence-electron chi connectivity index (χ0n) is 26.6. The smallest absolute Gasteiger partial charge is 0.173 e. The van der Waals surface area contributed by atoms with Gasteiger partial charge in [0, 0.05) is 34.6 Å². The average molecular weight is 672 g/mol. The molecule has 0 fully saturated rings. The fraction of sp³-hybridized carbons (Fsp3) is 0.417. The normalized spacial score (nSPS) is 14.6. The lowest BCUT2D eigenvalue weighted by atomic mass is 9.83. The predicted octanol–water partition coefficient (Wildman–Crippen LogP) is 9.14. The molecule has 0 bridgehead atoms. The minimum atomic E-state index is -0.727. The number of nitrogens with zero attached hydrogens (tertiary/aromatic N) is 3. The number of imidazole rings is 1. The standard InChI is InChI=1S/C36H41ClF3N3O2S/c1-24-22-25(10-15-30(24)37)28-8-7-9-32-35(28)43(27-13-11-26(38)12-14-27)36(41-32)46-23-29-31(39)16-17-33(34(29)40)45-21-20-44-19-6-4-5-18-42(2)3/h10-17,22,28H,4-9,18-21,23H2,1-3H3. The molecule has 1 heterocycles. The Hall–Kier alpha value is -2.98. The van der Waals surface area contributed by atoms with Crippen molar-refractivity contribution in [1.82, 2.24) is 14.5 Å². The molecule has 10 heteroatoms. The molecule has 0 aliphatic heterocycles. The Labute approximate surface area is 279 Å². The number of aryl methyl sites for hydroxylation is 2. The van der Waals surface area contributed by atoms with Gasteiger partial charge in [0.2, 0.25) is 0 Å². The van der Waals surface area contributed by atoms with Crippen molar-refractivity contribution in [3.63, 3.8) is 0 Å². The molecule has 1 unspecified atom stereocenters. The molecular formula is C36H41ClF3N3O2S. The van der Waals surface area contributed by atoms with E-state index in [0.29, 0.717) is 23.4 Å². The van der Waals surface area contributed by atoms with Gasteiger partial charge in [-0.25, -0.2) is 18.2 Å². The summed E-state index contributed by atoms with van der Waals surface area (Å²) in [5.74, 6) is -1.69. The van der Waals surface area contributed by atoms with Crippen LogP contribution in [0.15, 0.2) is 59.8 Å². The second-order valence-corrected chi connectivity index (χ2v) is 13.3. The number of hydrogen-bond acceptors (Lipinski definition) is 5. The average Bonchev–Trinajstić information content (AvgIpc) is 3.41. The Morgan fingerprint density at radius 2 is 1.78 bits per heavy atom. The van der Waals surface area contributed by atoms with E-state index in [-0.39, 0.29) is 35.4 Å². The van der Waals surface area contributed by atoms with Crippen LogP contribution >= 0.6 is 23.4 Å². The summed E-state index contributed by atoms with van der Waals surface area (Å²) < 4.78 is 57.8. The van der Waals surface area contributed by atoms with Gasteiger partial charge in [0.1, 0.15) is 18.2 Å². The van der Waals surface area contributed by atoms with Crippen molar-refractivity contribution in [3.8, 4) is 11.4 Å². The van der Waals surface area contributed by atoms with Gasteiger partial charge in [-0.1, -0.05) is 35.5 Å². The summed E-state index contributed by atoms with van der Waals surface area (Å²) in [4.78, 5) is 7.14. The van der Waals surface area contributed by atoms with Crippen molar-refractivity contribution in [2.24, 2.45) is 0 Å². The third-order valence-corrected chi connectivity index (χ3v) is 9.63. The Balaban J connectivity index is 1.32. The molecule has 246 valence electrons. The Bertz CT molecular complexity index is 1610. The van der Waals surface area contributed by atoms with Crippen molar-refractivity contribution >= 4 is 23.4 Å². The number of fused-ring (bicyclic) bond motifs is 1. The molecule has 1 aromatic heterocycles. The SMILES string of the molecule is Cc1cc(C2CCCc3nc(SCc4c(F)ccc(OCCOCCCCCN(C)C)c4F)n(-c4ccc(F)cc4)c32)ccc1Cl. The summed E-state index contributed by atoms with van der Waals surface area (Å²) in [6, 6.07) is 14.8. The number of ether oxygens (including phenoxy) is 2. The maximum atomic E-state index is 15.6. The van der Waals surface area contributed by atoms with E-state index in [0.717, 1.165) is 73.3 Å². The van der Waals surface area contributed by atoms with Crippen molar-refractivity contribution in [2.75, 3.05) is 40.5 Å². The molecule has 3 aromatic carbocycles. The van der Waals surface area contributed by atoms with Crippen LogP contribution in [0.5, 0.6) is 5.75 Å². The van der Waals surface area contributed by atoms with Gasteiger partial charge in [-0.3, -0.25) is 4.57 Å². The third kappa shape index (κ3) is 8.48. The summed E-state index contributed by atoms with van der Waals surface area (Å²) >= 11 is 7.59. The van der Waals surface area contributed by atoms with Gasteiger partial charge in [0.25, 0.3) is 0 Å². The first kappa shape index (κ1) is 34.4.